The lowest BCUT2D eigenvalue weighted by Gasteiger charge is -2.09. The van der Waals surface area contributed by atoms with Crippen LogP contribution in [-0.2, 0) is 6.54 Å². The summed E-state index contributed by atoms with van der Waals surface area (Å²) in [6.45, 7) is 0.699. The number of aromatic nitrogens is 2. The predicted molar refractivity (Wildman–Crippen MR) is 84.6 cm³/mol. The average molecular weight is 324 g/mol. The van der Waals surface area contributed by atoms with E-state index < -0.39 is 0 Å². The SMILES string of the molecule is CN(C)c1nnc(Sc2c(F)cccc2CNC2CC2)s1. The van der Waals surface area contributed by atoms with Crippen LogP contribution in [0.1, 0.15) is 18.4 Å². The van der Waals surface area contributed by atoms with E-state index in [4.69, 9.17) is 0 Å². The second kappa shape index (κ2) is 6.29. The first-order valence-electron chi connectivity index (χ1n) is 6.83. The second-order valence-corrected chi connectivity index (χ2v) is 7.44. The molecular weight excluding hydrogens is 307 g/mol. The van der Waals surface area contributed by atoms with Crippen LogP contribution < -0.4 is 10.2 Å². The minimum atomic E-state index is -0.197. The van der Waals surface area contributed by atoms with Gasteiger partial charge in [-0.3, -0.25) is 0 Å². The van der Waals surface area contributed by atoms with Gasteiger partial charge in [-0.25, -0.2) is 4.39 Å². The van der Waals surface area contributed by atoms with Gasteiger partial charge in [0, 0.05) is 26.7 Å². The van der Waals surface area contributed by atoms with Gasteiger partial charge in [0.05, 0.1) is 4.90 Å². The van der Waals surface area contributed by atoms with Gasteiger partial charge in [0.15, 0.2) is 4.34 Å². The fourth-order valence-corrected chi connectivity index (χ4v) is 3.70. The Hall–Kier alpha value is -1.18. The highest BCUT2D eigenvalue weighted by Gasteiger charge is 2.21. The number of nitrogens with one attached hydrogen (secondary N) is 1. The van der Waals surface area contributed by atoms with Gasteiger partial charge in [-0.2, -0.15) is 0 Å². The summed E-state index contributed by atoms with van der Waals surface area (Å²) in [5.41, 5.74) is 0.980. The molecule has 21 heavy (non-hydrogen) atoms. The van der Waals surface area contributed by atoms with Gasteiger partial charge < -0.3 is 10.2 Å². The van der Waals surface area contributed by atoms with Gasteiger partial charge in [0.1, 0.15) is 5.82 Å². The van der Waals surface area contributed by atoms with E-state index in [-0.39, 0.29) is 5.82 Å². The van der Waals surface area contributed by atoms with Gasteiger partial charge in [0.2, 0.25) is 5.13 Å². The average Bonchev–Trinajstić information content (AvgIpc) is 3.16. The molecule has 0 atom stereocenters. The maximum atomic E-state index is 14.1. The topological polar surface area (TPSA) is 41.1 Å². The Morgan fingerprint density at radius 2 is 2.19 bits per heavy atom. The molecule has 4 nitrogen and oxygen atoms in total. The van der Waals surface area contributed by atoms with Crippen molar-refractivity contribution in [2.45, 2.75) is 34.7 Å². The Morgan fingerprint density at radius 3 is 2.86 bits per heavy atom. The van der Waals surface area contributed by atoms with Crippen molar-refractivity contribution in [3.8, 4) is 0 Å². The molecule has 1 fully saturated rings. The third-order valence-electron chi connectivity index (χ3n) is 3.17. The molecule has 1 heterocycles. The Morgan fingerprint density at radius 1 is 1.38 bits per heavy atom. The predicted octanol–water partition coefficient (Wildman–Crippen LogP) is 3.15. The molecule has 1 saturated carbocycles. The van der Waals surface area contributed by atoms with Crippen LogP contribution in [0.25, 0.3) is 0 Å². The Bertz CT molecular complexity index is 625. The van der Waals surface area contributed by atoms with Crippen molar-refractivity contribution in [1.82, 2.24) is 15.5 Å². The van der Waals surface area contributed by atoms with Gasteiger partial charge in [-0.1, -0.05) is 35.2 Å². The van der Waals surface area contributed by atoms with E-state index >= 15 is 0 Å². The molecule has 0 bridgehead atoms. The maximum Gasteiger partial charge on any atom is 0.208 e. The number of anilines is 1. The summed E-state index contributed by atoms with van der Waals surface area (Å²) in [6, 6.07) is 5.83. The number of benzene rings is 1. The zero-order valence-corrected chi connectivity index (χ0v) is 13.6. The van der Waals surface area contributed by atoms with Crippen LogP contribution in [0.3, 0.4) is 0 Å². The molecule has 2 aromatic rings. The van der Waals surface area contributed by atoms with Crippen LogP contribution in [-0.4, -0.2) is 30.3 Å². The summed E-state index contributed by atoms with van der Waals surface area (Å²) in [4.78, 5) is 2.55. The monoisotopic (exact) mass is 324 g/mol. The largest absolute Gasteiger partial charge is 0.353 e. The molecule has 7 heteroatoms. The van der Waals surface area contributed by atoms with E-state index in [0.29, 0.717) is 17.5 Å². The number of halogens is 1. The summed E-state index contributed by atoms with van der Waals surface area (Å²) in [6.07, 6.45) is 2.45. The normalized spacial score (nSPS) is 14.4. The second-order valence-electron chi connectivity index (χ2n) is 5.23. The molecule has 1 aliphatic rings. The van der Waals surface area contributed by atoms with Crippen LogP contribution >= 0.6 is 23.1 Å². The lowest BCUT2D eigenvalue weighted by molar-refractivity contribution is 0.589. The lowest BCUT2D eigenvalue weighted by atomic mass is 10.2. The maximum absolute atomic E-state index is 14.1. The van der Waals surface area contributed by atoms with Crippen molar-refractivity contribution in [2.24, 2.45) is 0 Å². The van der Waals surface area contributed by atoms with E-state index in [1.54, 1.807) is 6.07 Å². The fraction of sp³-hybridized carbons (Fsp3) is 0.429. The van der Waals surface area contributed by atoms with Crippen molar-refractivity contribution in [3.63, 3.8) is 0 Å². The summed E-state index contributed by atoms with van der Waals surface area (Å²) in [7, 11) is 3.84. The Labute approximate surface area is 131 Å². The van der Waals surface area contributed by atoms with Crippen molar-refractivity contribution in [3.05, 3.63) is 29.6 Å². The van der Waals surface area contributed by atoms with Crippen LogP contribution in [0.15, 0.2) is 27.4 Å². The number of nitrogens with zero attached hydrogens (tertiary/aromatic N) is 3. The highest BCUT2D eigenvalue weighted by molar-refractivity contribution is 8.01. The number of hydrogen-bond acceptors (Lipinski definition) is 6. The third-order valence-corrected chi connectivity index (χ3v) is 5.48. The Kier molecular flexibility index (Phi) is 4.42. The molecule has 0 amide bonds. The molecule has 0 unspecified atom stereocenters. The number of rotatable bonds is 6. The lowest BCUT2D eigenvalue weighted by Crippen LogP contribution is -2.16. The zero-order valence-electron chi connectivity index (χ0n) is 12.0. The molecular formula is C14H17FN4S2. The van der Waals surface area contributed by atoms with Crippen molar-refractivity contribution >= 4 is 28.2 Å². The first kappa shape index (κ1) is 14.7. The van der Waals surface area contributed by atoms with Gasteiger partial charge >= 0.3 is 0 Å². The minimum absolute atomic E-state index is 0.197. The third kappa shape index (κ3) is 3.72. The molecule has 1 aromatic carbocycles. The summed E-state index contributed by atoms with van der Waals surface area (Å²) in [5, 5.41) is 12.5. The zero-order chi connectivity index (χ0) is 14.8. The number of hydrogen-bond donors (Lipinski definition) is 1. The van der Waals surface area contributed by atoms with Crippen LogP contribution in [0.5, 0.6) is 0 Å². The quantitative estimate of drug-likeness (QED) is 0.884. The molecule has 0 saturated heterocycles. The van der Waals surface area contributed by atoms with Crippen LogP contribution in [0.4, 0.5) is 9.52 Å². The van der Waals surface area contributed by atoms with E-state index in [1.165, 1.54) is 42.0 Å². The van der Waals surface area contributed by atoms with E-state index in [0.717, 1.165) is 15.0 Å². The van der Waals surface area contributed by atoms with Crippen LogP contribution in [0, 0.1) is 5.82 Å². The Balaban J connectivity index is 1.78. The van der Waals surface area contributed by atoms with E-state index in [9.17, 15) is 4.39 Å². The molecule has 0 aliphatic heterocycles. The molecule has 112 valence electrons. The van der Waals surface area contributed by atoms with Gasteiger partial charge in [-0.05, 0) is 24.5 Å². The van der Waals surface area contributed by atoms with Crippen molar-refractivity contribution in [2.75, 3.05) is 19.0 Å². The van der Waals surface area contributed by atoms with Crippen molar-refractivity contribution in [1.29, 1.82) is 0 Å². The molecule has 0 radical (unpaired) electrons. The standard InChI is InChI=1S/C14H17FN4S2/c1-19(2)13-17-18-14(21-13)20-12-9(4-3-5-11(12)15)8-16-10-6-7-10/h3-5,10,16H,6-8H2,1-2H3. The summed E-state index contributed by atoms with van der Waals surface area (Å²) in [5.74, 6) is -0.197. The first-order chi connectivity index (χ1) is 10.1. The van der Waals surface area contributed by atoms with Crippen LogP contribution in [0.2, 0.25) is 0 Å². The molecule has 1 N–H and O–H groups in total. The molecule has 1 aromatic heterocycles. The molecule has 0 spiro atoms. The summed E-state index contributed by atoms with van der Waals surface area (Å²) < 4.78 is 14.9. The fourth-order valence-electron chi connectivity index (χ4n) is 1.86. The highest BCUT2D eigenvalue weighted by Crippen LogP contribution is 2.36. The molecule has 1 aliphatic carbocycles. The van der Waals surface area contributed by atoms with Crippen molar-refractivity contribution < 1.29 is 4.39 Å². The first-order valence-corrected chi connectivity index (χ1v) is 8.46. The summed E-state index contributed by atoms with van der Waals surface area (Å²) >= 11 is 2.82. The molecule has 3 rings (SSSR count). The van der Waals surface area contributed by atoms with Gasteiger partial charge in [0.25, 0.3) is 0 Å². The highest BCUT2D eigenvalue weighted by atomic mass is 32.2. The smallest absolute Gasteiger partial charge is 0.208 e. The minimum Gasteiger partial charge on any atom is -0.353 e. The van der Waals surface area contributed by atoms with Gasteiger partial charge in [-0.15, -0.1) is 10.2 Å². The van der Waals surface area contributed by atoms with E-state index in [1.807, 2.05) is 25.1 Å². The van der Waals surface area contributed by atoms with E-state index in [2.05, 4.69) is 15.5 Å².